The summed E-state index contributed by atoms with van der Waals surface area (Å²) in [5.41, 5.74) is -0.464. The number of rotatable bonds is 3. The first-order valence-corrected chi connectivity index (χ1v) is 9.68. The zero-order valence-corrected chi connectivity index (χ0v) is 17.1. The average Bonchev–Trinajstić information content (AvgIpc) is 2.67. The van der Waals surface area contributed by atoms with Gasteiger partial charge in [0, 0.05) is 19.2 Å². The average molecular weight is 423 g/mol. The normalized spacial score (nSPS) is 15.7. The third-order valence-electron chi connectivity index (χ3n) is 4.65. The molecule has 0 spiro atoms. The number of halogens is 3. The van der Waals surface area contributed by atoms with Crippen molar-refractivity contribution in [3.63, 3.8) is 0 Å². The van der Waals surface area contributed by atoms with Gasteiger partial charge < -0.3 is 14.4 Å². The second kappa shape index (κ2) is 8.49. The molecule has 0 saturated carbocycles. The Labute approximate surface area is 173 Å². The smallest absolute Gasteiger partial charge is 0.435 e. The number of carbonyl (C=O) groups is 1. The lowest BCUT2D eigenvalue weighted by Gasteiger charge is -2.33. The standard InChI is InChI=1S/C21H24F3N3O3/c1-20(2,3)30-19(28)27-12-10-15(11-13-27)14-4-6-16(7-5-14)29-18-9-8-17(25-26-18)21(22,23)24/h4-9,15H,10-13H2,1-3H3. The summed E-state index contributed by atoms with van der Waals surface area (Å²) in [4.78, 5) is 13.9. The van der Waals surface area contributed by atoms with Gasteiger partial charge in [-0.15, -0.1) is 10.2 Å². The maximum atomic E-state index is 12.5. The maximum absolute atomic E-state index is 12.5. The van der Waals surface area contributed by atoms with Gasteiger partial charge in [0.15, 0.2) is 5.69 Å². The summed E-state index contributed by atoms with van der Waals surface area (Å²) in [5.74, 6) is 0.754. The van der Waals surface area contributed by atoms with Gasteiger partial charge in [-0.1, -0.05) is 12.1 Å². The third-order valence-corrected chi connectivity index (χ3v) is 4.65. The highest BCUT2D eigenvalue weighted by Crippen LogP contribution is 2.31. The molecule has 1 saturated heterocycles. The Morgan fingerprint density at radius 1 is 1.00 bits per heavy atom. The zero-order chi connectivity index (χ0) is 21.9. The summed E-state index contributed by atoms with van der Waals surface area (Å²) in [5, 5.41) is 6.60. The van der Waals surface area contributed by atoms with Crippen LogP contribution in [0.4, 0.5) is 18.0 Å². The molecule has 1 fully saturated rings. The third kappa shape index (κ3) is 5.84. The molecule has 0 unspecified atom stereocenters. The van der Waals surface area contributed by atoms with E-state index in [1.165, 1.54) is 0 Å². The Balaban J connectivity index is 1.54. The second-order valence-electron chi connectivity index (χ2n) is 8.17. The number of hydrogen-bond acceptors (Lipinski definition) is 5. The van der Waals surface area contributed by atoms with Gasteiger partial charge >= 0.3 is 12.3 Å². The van der Waals surface area contributed by atoms with Crippen molar-refractivity contribution in [1.82, 2.24) is 15.1 Å². The van der Waals surface area contributed by atoms with Gasteiger partial charge in [-0.25, -0.2) is 4.79 Å². The van der Waals surface area contributed by atoms with Gasteiger partial charge in [-0.05, 0) is 63.3 Å². The van der Waals surface area contributed by atoms with E-state index in [0.29, 0.717) is 24.8 Å². The van der Waals surface area contributed by atoms with Crippen LogP contribution >= 0.6 is 0 Å². The second-order valence-corrected chi connectivity index (χ2v) is 8.17. The minimum absolute atomic E-state index is 0.0126. The summed E-state index contributed by atoms with van der Waals surface area (Å²) >= 11 is 0. The highest BCUT2D eigenvalue weighted by atomic mass is 19.4. The first-order valence-electron chi connectivity index (χ1n) is 9.68. The summed E-state index contributed by atoms with van der Waals surface area (Å²) in [7, 11) is 0. The van der Waals surface area contributed by atoms with Gasteiger partial charge in [-0.2, -0.15) is 13.2 Å². The molecule has 162 valence electrons. The molecular formula is C21H24F3N3O3. The molecule has 0 bridgehead atoms. The van der Waals surface area contributed by atoms with Crippen LogP contribution in [0.15, 0.2) is 36.4 Å². The Morgan fingerprint density at radius 3 is 2.13 bits per heavy atom. The predicted octanol–water partition coefficient (Wildman–Crippen LogP) is 5.40. The van der Waals surface area contributed by atoms with Gasteiger partial charge in [0.25, 0.3) is 0 Å². The van der Waals surface area contributed by atoms with E-state index in [0.717, 1.165) is 30.5 Å². The molecule has 9 heteroatoms. The number of alkyl halides is 3. The van der Waals surface area contributed by atoms with Crippen molar-refractivity contribution >= 4 is 6.09 Å². The van der Waals surface area contributed by atoms with Crippen LogP contribution in [-0.2, 0) is 10.9 Å². The predicted molar refractivity (Wildman–Crippen MR) is 103 cm³/mol. The van der Waals surface area contributed by atoms with Gasteiger partial charge in [-0.3, -0.25) is 0 Å². The number of ether oxygens (including phenoxy) is 2. The van der Waals surface area contributed by atoms with E-state index in [2.05, 4.69) is 10.2 Å². The van der Waals surface area contributed by atoms with Gasteiger partial charge in [0.2, 0.25) is 5.88 Å². The van der Waals surface area contributed by atoms with Crippen LogP contribution in [0.25, 0.3) is 0 Å². The fraction of sp³-hybridized carbons (Fsp3) is 0.476. The molecule has 2 aromatic rings. The van der Waals surface area contributed by atoms with Crippen LogP contribution < -0.4 is 4.74 Å². The first-order chi connectivity index (χ1) is 14.0. The van der Waals surface area contributed by atoms with Gasteiger partial charge in [0.1, 0.15) is 11.4 Å². The summed E-state index contributed by atoms with van der Waals surface area (Å²) in [6, 6.07) is 9.29. The van der Waals surface area contributed by atoms with Crippen molar-refractivity contribution in [3.05, 3.63) is 47.7 Å². The first kappa shape index (κ1) is 21.9. The summed E-state index contributed by atoms with van der Waals surface area (Å²) in [6.07, 6.45) is -3.18. The Morgan fingerprint density at radius 2 is 1.63 bits per heavy atom. The quantitative estimate of drug-likeness (QED) is 0.661. The fourth-order valence-corrected chi connectivity index (χ4v) is 3.18. The minimum Gasteiger partial charge on any atom is -0.444 e. The number of likely N-dealkylation sites (tertiary alicyclic amines) is 1. The van der Waals surface area contributed by atoms with Crippen LogP contribution in [0.3, 0.4) is 0 Å². The molecule has 0 N–H and O–H groups in total. The molecule has 6 nitrogen and oxygen atoms in total. The van der Waals surface area contributed by atoms with Crippen molar-refractivity contribution in [1.29, 1.82) is 0 Å². The number of nitrogens with zero attached hydrogens (tertiary/aromatic N) is 3. The van der Waals surface area contributed by atoms with Crippen LogP contribution in [0.2, 0.25) is 0 Å². The Kier molecular flexibility index (Phi) is 6.19. The molecule has 2 heterocycles. The number of amides is 1. The molecule has 0 atom stereocenters. The van der Waals surface area contributed by atoms with E-state index in [-0.39, 0.29) is 12.0 Å². The van der Waals surface area contributed by atoms with Crippen LogP contribution in [-0.4, -0.2) is 39.9 Å². The van der Waals surface area contributed by atoms with Crippen LogP contribution in [0, 0.1) is 0 Å². The van der Waals surface area contributed by atoms with Crippen molar-refractivity contribution in [3.8, 4) is 11.6 Å². The molecular weight excluding hydrogens is 399 g/mol. The molecule has 0 aliphatic carbocycles. The van der Waals surface area contributed by atoms with E-state index >= 15 is 0 Å². The molecule has 1 aliphatic rings. The lowest BCUT2D eigenvalue weighted by molar-refractivity contribution is -0.141. The fourth-order valence-electron chi connectivity index (χ4n) is 3.18. The minimum atomic E-state index is -4.54. The molecule has 1 aliphatic heterocycles. The molecule has 1 aromatic heterocycles. The van der Waals surface area contributed by atoms with E-state index in [1.54, 1.807) is 17.0 Å². The molecule has 1 aromatic carbocycles. The van der Waals surface area contributed by atoms with Crippen LogP contribution in [0.5, 0.6) is 11.6 Å². The number of carbonyl (C=O) groups excluding carboxylic acids is 1. The lowest BCUT2D eigenvalue weighted by Crippen LogP contribution is -2.41. The van der Waals surface area contributed by atoms with Crippen molar-refractivity contribution in [2.45, 2.75) is 51.3 Å². The zero-order valence-electron chi connectivity index (χ0n) is 17.1. The molecule has 3 rings (SSSR count). The van der Waals surface area contributed by atoms with Gasteiger partial charge in [0.05, 0.1) is 0 Å². The highest BCUT2D eigenvalue weighted by molar-refractivity contribution is 5.68. The van der Waals surface area contributed by atoms with Crippen LogP contribution in [0.1, 0.15) is 50.8 Å². The number of hydrogen-bond donors (Lipinski definition) is 0. The largest absolute Gasteiger partial charge is 0.444 e. The Bertz CT molecular complexity index is 854. The highest BCUT2D eigenvalue weighted by Gasteiger charge is 2.33. The van der Waals surface area contributed by atoms with Crippen molar-refractivity contribution in [2.75, 3.05) is 13.1 Å². The van der Waals surface area contributed by atoms with E-state index in [1.807, 2.05) is 32.9 Å². The van der Waals surface area contributed by atoms with E-state index in [9.17, 15) is 18.0 Å². The molecule has 0 radical (unpaired) electrons. The monoisotopic (exact) mass is 423 g/mol. The maximum Gasteiger partial charge on any atom is 0.435 e. The SMILES string of the molecule is CC(C)(C)OC(=O)N1CCC(c2ccc(Oc3ccc(C(F)(F)F)nn3)cc2)CC1. The number of piperidine rings is 1. The van der Waals surface area contributed by atoms with E-state index in [4.69, 9.17) is 9.47 Å². The lowest BCUT2D eigenvalue weighted by atomic mass is 9.89. The summed E-state index contributed by atoms with van der Waals surface area (Å²) < 4.78 is 48.5. The number of benzene rings is 1. The number of aromatic nitrogens is 2. The molecule has 1 amide bonds. The topological polar surface area (TPSA) is 64.5 Å². The molecule has 30 heavy (non-hydrogen) atoms. The van der Waals surface area contributed by atoms with Crippen molar-refractivity contribution < 1.29 is 27.4 Å². The Hall–Kier alpha value is -2.84. The summed E-state index contributed by atoms with van der Waals surface area (Å²) in [6.45, 7) is 6.78. The van der Waals surface area contributed by atoms with Crippen molar-refractivity contribution in [2.24, 2.45) is 0 Å². The van der Waals surface area contributed by atoms with E-state index < -0.39 is 17.5 Å².